The Morgan fingerprint density at radius 3 is 2.05 bits per heavy atom. The van der Waals surface area contributed by atoms with E-state index in [1.807, 2.05) is 45.0 Å². The van der Waals surface area contributed by atoms with E-state index in [0.717, 1.165) is 33.8 Å². The Bertz CT molecular complexity index is 582. The smallest absolute Gasteiger partial charge is 0.124 e. The van der Waals surface area contributed by atoms with Crippen LogP contribution in [-0.2, 0) is 0 Å². The van der Waals surface area contributed by atoms with Gasteiger partial charge in [0.05, 0.1) is 19.1 Å². The summed E-state index contributed by atoms with van der Waals surface area (Å²) in [6, 6.07) is 12.1. The molecule has 2 aromatic rings. The Kier molecular flexibility index (Phi) is 5.13. The molecule has 2 aromatic carbocycles. The van der Waals surface area contributed by atoms with Gasteiger partial charge in [-0.2, -0.15) is 0 Å². The first-order chi connectivity index (χ1) is 10.1. The van der Waals surface area contributed by atoms with Gasteiger partial charge < -0.3 is 9.47 Å². The molecule has 0 amide bonds. The number of ether oxygens (including phenoxy) is 2. The highest BCUT2D eigenvalue weighted by Gasteiger charge is 2.14. The number of benzene rings is 2. The fourth-order valence-corrected chi connectivity index (χ4v) is 2.82. The number of hydrogen-bond acceptors (Lipinski definition) is 2. The zero-order valence-electron chi connectivity index (χ0n) is 12.9. The summed E-state index contributed by atoms with van der Waals surface area (Å²) in [6.45, 7) is 6.72. The van der Waals surface area contributed by atoms with Crippen LogP contribution in [-0.4, -0.2) is 13.7 Å². The number of halogens is 1. The third-order valence-corrected chi connectivity index (χ3v) is 3.97. The minimum Gasteiger partial charge on any atom is -0.496 e. The van der Waals surface area contributed by atoms with Crippen LogP contribution in [0, 0.1) is 13.8 Å². The highest BCUT2D eigenvalue weighted by atomic mass is 35.5. The van der Waals surface area contributed by atoms with Gasteiger partial charge in [0.25, 0.3) is 0 Å². The molecule has 0 radical (unpaired) electrons. The summed E-state index contributed by atoms with van der Waals surface area (Å²) in [4.78, 5) is 0. The molecule has 0 aliphatic heterocycles. The molecule has 21 heavy (non-hydrogen) atoms. The van der Waals surface area contributed by atoms with Crippen LogP contribution in [0.1, 0.15) is 34.6 Å². The van der Waals surface area contributed by atoms with Crippen molar-refractivity contribution in [2.24, 2.45) is 0 Å². The molecule has 0 aliphatic rings. The van der Waals surface area contributed by atoms with Gasteiger partial charge in [0.15, 0.2) is 0 Å². The summed E-state index contributed by atoms with van der Waals surface area (Å²) >= 11 is 6.62. The molecule has 3 heteroatoms. The van der Waals surface area contributed by atoms with Crippen LogP contribution in [0.15, 0.2) is 36.4 Å². The van der Waals surface area contributed by atoms with E-state index < -0.39 is 0 Å². The Hall–Kier alpha value is -1.67. The van der Waals surface area contributed by atoms with Gasteiger partial charge in [0.2, 0.25) is 0 Å². The van der Waals surface area contributed by atoms with Crippen LogP contribution < -0.4 is 9.47 Å². The summed E-state index contributed by atoms with van der Waals surface area (Å²) in [7, 11) is 1.69. The summed E-state index contributed by atoms with van der Waals surface area (Å²) in [5.41, 5.74) is 4.34. The SMILES string of the molecule is CCOc1ccc(C(Cl)c2cc(C)c(OC)c(C)c2)cc1. The quantitative estimate of drug-likeness (QED) is 0.721. The molecule has 0 aliphatic carbocycles. The molecule has 0 saturated heterocycles. The van der Waals surface area contributed by atoms with Crippen molar-refractivity contribution in [1.82, 2.24) is 0 Å². The Morgan fingerprint density at radius 1 is 1.00 bits per heavy atom. The predicted molar refractivity (Wildman–Crippen MR) is 87.8 cm³/mol. The molecule has 2 nitrogen and oxygen atoms in total. The zero-order valence-corrected chi connectivity index (χ0v) is 13.7. The summed E-state index contributed by atoms with van der Waals surface area (Å²) in [5, 5.41) is -0.177. The molecule has 0 bridgehead atoms. The molecule has 0 N–H and O–H groups in total. The molecule has 0 heterocycles. The number of aryl methyl sites for hydroxylation is 2. The lowest BCUT2D eigenvalue weighted by molar-refractivity contribution is 0.340. The van der Waals surface area contributed by atoms with Crippen molar-refractivity contribution in [3.05, 3.63) is 58.7 Å². The molecule has 0 spiro atoms. The van der Waals surface area contributed by atoms with Crippen molar-refractivity contribution in [3.8, 4) is 11.5 Å². The van der Waals surface area contributed by atoms with Crippen molar-refractivity contribution < 1.29 is 9.47 Å². The van der Waals surface area contributed by atoms with Gasteiger partial charge in [-0.1, -0.05) is 24.3 Å². The molecule has 0 fully saturated rings. The Labute approximate surface area is 131 Å². The molecular formula is C18H21ClO2. The summed E-state index contributed by atoms with van der Waals surface area (Å²) in [5.74, 6) is 1.79. The predicted octanol–water partition coefficient (Wildman–Crippen LogP) is 5.04. The van der Waals surface area contributed by atoms with Gasteiger partial charge >= 0.3 is 0 Å². The molecule has 112 valence electrons. The zero-order chi connectivity index (χ0) is 15.4. The third-order valence-electron chi connectivity index (χ3n) is 3.46. The van der Waals surface area contributed by atoms with E-state index in [1.165, 1.54) is 0 Å². The Balaban J connectivity index is 2.29. The maximum absolute atomic E-state index is 6.62. The third kappa shape index (κ3) is 3.51. The van der Waals surface area contributed by atoms with Crippen LogP contribution >= 0.6 is 11.6 Å². The largest absolute Gasteiger partial charge is 0.496 e. The van der Waals surface area contributed by atoms with Crippen LogP contribution in [0.5, 0.6) is 11.5 Å². The minimum atomic E-state index is -0.177. The molecule has 0 aromatic heterocycles. The van der Waals surface area contributed by atoms with Gasteiger partial charge in [-0.15, -0.1) is 11.6 Å². The number of rotatable bonds is 5. The van der Waals surface area contributed by atoms with Gasteiger partial charge in [0.1, 0.15) is 11.5 Å². The average Bonchev–Trinajstić information content (AvgIpc) is 2.47. The maximum atomic E-state index is 6.62. The first-order valence-corrected chi connectivity index (χ1v) is 7.52. The van der Waals surface area contributed by atoms with E-state index in [9.17, 15) is 0 Å². The standard InChI is InChI=1S/C18H21ClO2/c1-5-21-16-8-6-14(7-9-16)17(19)15-10-12(2)18(20-4)13(3)11-15/h6-11,17H,5H2,1-4H3. The average molecular weight is 305 g/mol. The lowest BCUT2D eigenvalue weighted by Gasteiger charge is -2.15. The number of alkyl halides is 1. The number of methoxy groups -OCH3 is 1. The van der Waals surface area contributed by atoms with E-state index in [0.29, 0.717) is 6.61 Å². The second-order valence-corrected chi connectivity index (χ2v) is 5.49. The normalized spacial score (nSPS) is 12.0. The topological polar surface area (TPSA) is 18.5 Å². The van der Waals surface area contributed by atoms with Crippen LogP contribution in [0.25, 0.3) is 0 Å². The Morgan fingerprint density at radius 2 is 1.57 bits per heavy atom. The summed E-state index contributed by atoms with van der Waals surface area (Å²) in [6.07, 6.45) is 0. The van der Waals surface area contributed by atoms with Crippen molar-refractivity contribution in [3.63, 3.8) is 0 Å². The first-order valence-electron chi connectivity index (χ1n) is 7.08. The van der Waals surface area contributed by atoms with Crippen molar-refractivity contribution >= 4 is 11.6 Å². The monoisotopic (exact) mass is 304 g/mol. The van der Waals surface area contributed by atoms with Crippen LogP contribution in [0.2, 0.25) is 0 Å². The first kappa shape index (κ1) is 15.7. The van der Waals surface area contributed by atoms with Crippen molar-refractivity contribution in [2.45, 2.75) is 26.1 Å². The van der Waals surface area contributed by atoms with Gasteiger partial charge in [-0.25, -0.2) is 0 Å². The molecule has 0 saturated carbocycles. The number of hydrogen-bond donors (Lipinski definition) is 0. The van der Waals surface area contributed by atoms with Gasteiger partial charge in [0, 0.05) is 0 Å². The fourth-order valence-electron chi connectivity index (χ4n) is 2.54. The van der Waals surface area contributed by atoms with E-state index in [-0.39, 0.29) is 5.38 Å². The van der Waals surface area contributed by atoms with Crippen molar-refractivity contribution in [1.29, 1.82) is 0 Å². The van der Waals surface area contributed by atoms with Crippen molar-refractivity contribution in [2.75, 3.05) is 13.7 Å². The molecule has 1 unspecified atom stereocenters. The van der Waals surface area contributed by atoms with Gasteiger partial charge in [-0.05, 0) is 55.2 Å². The lowest BCUT2D eigenvalue weighted by Crippen LogP contribution is -1.98. The van der Waals surface area contributed by atoms with Gasteiger partial charge in [-0.3, -0.25) is 0 Å². The van der Waals surface area contributed by atoms with Crippen LogP contribution in [0.4, 0.5) is 0 Å². The lowest BCUT2D eigenvalue weighted by atomic mass is 9.99. The van der Waals surface area contributed by atoms with E-state index in [2.05, 4.69) is 12.1 Å². The second kappa shape index (κ2) is 6.86. The van der Waals surface area contributed by atoms with Crippen LogP contribution in [0.3, 0.4) is 0 Å². The fraction of sp³-hybridized carbons (Fsp3) is 0.333. The minimum absolute atomic E-state index is 0.177. The highest BCUT2D eigenvalue weighted by molar-refractivity contribution is 6.22. The second-order valence-electron chi connectivity index (χ2n) is 5.05. The summed E-state index contributed by atoms with van der Waals surface area (Å²) < 4.78 is 10.9. The maximum Gasteiger partial charge on any atom is 0.124 e. The molecule has 1 atom stereocenters. The molecule has 2 rings (SSSR count). The van der Waals surface area contributed by atoms with E-state index in [4.69, 9.17) is 21.1 Å². The van der Waals surface area contributed by atoms with E-state index in [1.54, 1.807) is 7.11 Å². The highest BCUT2D eigenvalue weighted by Crippen LogP contribution is 2.34. The van der Waals surface area contributed by atoms with E-state index >= 15 is 0 Å². The molecular weight excluding hydrogens is 284 g/mol.